The summed E-state index contributed by atoms with van der Waals surface area (Å²) in [6.45, 7) is 2.06. The average molecular weight is 298 g/mol. The first-order chi connectivity index (χ1) is 9.47. The number of carbonyl (C=O) groups excluding carboxylic acids is 1. The van der Waals surface area contributed by atoms with Crippen molar-refractivity contribution in [1.29, 1.82) is 0 Å². The zero-order valence-corrected chi connectivity index (χ0v) is 12.5. The van der Waals surface area contributed by atoms with E-state index in [9.17, 15) is 9.90 Å². The van der Waals surface area contributed by atoms with Crippen LogP contribution in [0.5, 0.6) is 5.75 Å². The molecule has 4 nitrogen and oxygen atoms in total. The van der Waals surface area contributed by atoms with Gasteiger partial charge < -0.3 is 14.7 Å². The topological polar surface area (TPSA) is 49.8 Å². The molecule has 0 bridgehead atoms. The van der Waals surface area contributed by atoms with Crippen LogP contribution in [0.1, 0.15) is 19.8 Å². The van der Waals surface area contributed by atoms with E-state index >= 15 is 0 Å². The van der Waals surface area contributed by atoms with E-state index in [1.807, 2.05) is 0 Å². The fraction of sp³-hybridized carbons (Fsp3) is 0.533. The van der Waals surface area contributed by atoms with Crippen LogP contribution < -0.4 is 4.74 Å². The molecule has 0 heterocycles. The van der Waals surface area contributed by atoms with E-state index in [4.69, 9.17) is 16.3 Å². The third-order valence-corrected chi connectivity index (χ3v) is 3.73. The minimum absolute atomic E-state index is 0.139. The third kappa shape index (κ3) is 4.12. The molecule has 1 aliphatic carbocycles. The van der Waals surface area contributed by atoms with Crippen molar-refractivity contribution in [2.24, 2.45) is 5.92 Å². The lowest BCUT2D eigenvalue weighted by molar-refractivity contribution is -0.138. The highest BCUT2D eigenvalue weighted by Crippen LogP contribution is 2.32. The molecule has 1 aliphatic rings. The summed E-state index contributed by atoms with van der Waals surface area (Å²) in [5, 5.41) is 10.5. The molecule has 0 saturated heterocycles. The monoisotopic (exact) mass is 297 g/mol. The van der Waals surface area contributed by atoms with E-state index in [-0.39, 0.29) is 5.91 Å². The smallest absolute Gasteiger partial charge is 0.263 e. The Morgan fingerprint density at radius 2 is 2.05 bits per heavy atom. The molecule has 1 amide bonds. The number of ether oxygens (including phenoxy) is 1. The minimum atomic E-state index is -0.590. The summed E-state index contributed by atoms with van der Waals surface area (Å²) in [7, 11) is 1.69. The highest BCUT2D eigenvalue weighted by atomic mass is 35.5. The van der Waals surface area contributed by atoms with E-state index in [1.165, 1.54) is 4.90 Å². The lowest BCUT2D eigenvalue weighted by Gasteiger charge is -2.24. The summed E-state index contributed by atoms with van der Waals surface area (Å²) in [5.41, 5.74) is 0. The number of amides is 1. The molecule has 0 radical (unpaired) electrons. The Kier molecular flexibility index (Phi) is 4.89. The van der Waals surface area contributed by atoms with Crippen LogP contribution in [0.25, 0.3) is 0 Å². The van der Waals surface area contributed by atoms with Crippen molar-refractivity contribution in [3.05, 3.63) is 29.3 Å². The first kappa shape index (κ1) is 15.1. The van der Waals surface area contributed by atoms with Crippen molar-refractivity contribution in [1.82, 2.24) is 4.90 Å². The Hall–Kier alpha value is -1.26. The number of nitrogens with zero attached hydrogens (tertiary/aromatic N) is 1. The first-order valence-corrected chi connectivity index (χ1v) is 7.20. The van der Waals surface area contributed by atoms with Gasteiger partial charge in [-0.2, -0.15) is 0 Å². The van der Waals surface area contributed by atoms with Gasteiger partial charge in [0.2, 0.25) is 0 Å². The molecule has 0 aliphatic heterocycles. The van der Waals surface area contributed by atoms with Crippen LogP contribution in [0.15, 0.2) is 24.3 Å². The van der Waals surface area contributed by atoms with Gasteiger partial charge in [-0.25, -0.2) is 0 Å². The highest BCUT2D eigenvalue weighted by Gasteiger charge is 2.32. The molecule has 2 unspecified atom stereocenters. The molecule has 1 N–H and O–H groups in total. The Labute approximate surface area is 124 Å². The third-order valence-electron chi connectivity index (χ3n) is 3.48. The lowest BCUT2D eigenvalue weighted by atomic mass is 10.2. The predicted octanol–water partition coefficient (Wildman–Crippen LogP) is 2.34. The molecule has 2 atom stereocenters. The van der Waals surface area contributed by atoms with Crippen LogP contribution in [0, 0.1) is 5.92 Å². The summed E-state index contributed by atoms with van der Waals surface area (Å²) in [5.74, 6) is 0.823. The molecule has 0 spiro atoms. The molecule has 1 aromatic carbocycles. The molecular weight excluding hydrogens is 278 g/mol. The molecule has 1 saturated carbocycles. The maximum absolute atomic E-state index is 12.2. The standard InChI is InChI=1S/C15H20ClNO3/c1-10(20-13-7-5-12(16)6-8-13)15(19)17(2)9-14(18)11-3-4-11/h5-8,10-11,14,18H,3-4,9H2,1-2H3. The average Bonchev–Trinajstić information content (AvgIpc) is 3.24. The maximum atomic E-state index is 12.2. The zero-order valence-electron chi connectivity index (χ0n) is 11.8. The zero-order chi connectivity index (χ0) is 14.7. The summed E-state index contributed by atoms with van der Waals surface area (Å²) in [6, 6.07) is 6.89. The van der Waals surface area contributed by atoms with Crippen molar-refractivity contribution in [3.63, 3.8) is 0 Å². The van der Waals surface area contributed by atoms with E-state index in [0.29, 0.717) is 23.2 Å². The molecule has 5 heteroatoms. The minimum Gasteiger partial charge on any atom is -0.481 e. The van der Waals surface area contributed by atoms with Crippen LogP contribution in [0.4, 0.5) is 0 Å². The van der Waals surface area contributed by atoms with Crippen LogP contribution in [-0.4, -0.2) is 41.7 Å². The number of rotatable bonds is 6. The van der Waals surface area contributed by atoms with Gasteiger partial charge in [0.25, 0.3) is 5.91 Å². The molecule has 0 aromatic heterocycles. The lowest BCUT2D eigenvalue weighted by Crippen LogP contribution is -2.42. The fourth-order valence-corrected chi connectivity index (χ4v) is 2.20. The summed E-state index contributed by atoms with van der Waals surface area (Å²) >= 11 is 5.80. The Morgan fingerprint density at radius 3 is 2.60 bits per heavy atom. The van der Waals surface area contributed by atoms with Crippen molar-refractivity contribution < 1.29 is 14.6 Å². The first-order valence-electron chi connectivity index (χ1n) is 6.82. The number of carbonyl (C=O) groups is 1. The van der Waals surface area contributed by atoms with Gasteiger partial charge in [0.1, 0.15) is 5.75 Å². The Morgan fingerprint density at radius 1 is 1.45 bits per heavy atom. The van der Waals surface area contributed by atoms with Crippen molar-refractivity contribution in [2.75, 3.05) is 13.6 Å². The van der Waals surface area contributed by atoms with E-state index < -0.39 is 12.2 Å². The Bertz CT molecular complexity index is 459. The molecule has 20 heavy (non-hydrogen) atoms. The van der Waals surface area contributed by atoms with Crippen molar-refractivity contribution in [3.8, 4) is 5.75 Å². The van der Waals surface area contributed by atoms with Crippen LogP contribution in [0.3, 0.4) is 0 Å². The summed E-state index contributed by atoms with van der Waals surface area (Å²) in [4.78, 5) is 13.7. The second-order valence-corrected chi connectivity index (χ2v) is 5.77. The molecule has 110 valence electrons. The number of benzene rings is 1. The second-order valence-electron chi connectivity index (χ2n) is 5.34. The van der Waals surface area contributed by atoms with Gasteiger partial charge in [-0.15, -0.1) is 0 Å². The molecule has 1 aromatic rings. The van der Waals surface area contributed by atoms with Gasteiger partial charge >= 0.3 is 0 Å². The second kappa shape index (κ2) is 6.46. The van der Waals surface area contributed by atoms with Crippen LogP contribution in [-0.2, 0) is 4.79 Å². The van der Waals surface area contributed by atoms with Gasteiger partial charge in [0.05, 0.1) is 6.10 Å². The number of aliphatic hydroxyl groups is 1. The molecular formula is C15H20ClNO3. The van der Waals surface area contributed by atoms with Gasteiger partial charge in [0, 0.05) is 18.6 Å². The maximum Gasteiger partial charge on any atom is 0.263 e. The SMILES string of the molecule is CC(Oc1ccc(Cl)cc1)C(=O)N(C)CC(O)C1CC1. The van der Waals surface area contributed by atoms with E-state index in [2.05, 4.69) is 0 Å². The number of likely N-dealkylation sites (N-methyl/N-ethyl adjacent to an activating group) is 1. The molecule has 1 fully saturated rings. The van der Waals surface area contributed by atoms with Gasteiger partial charge in [-0.3, -0.25) is 4.79 Å². The van der Waals surface area contributed by atoms with Gasteiger partial charge in [-0.05, 0) is 49.9 Å². The highest BCUT2D eigenvalue weighted by molar-refractivity contribution is 6.30. The number of halogens is 1. The van der Waals surface area contributed by atoms with Crippen LogP contribution in [0.2, 0.25) is 5.02 Å². The van der Waals surface area contributed by atoms with E-state index in [1.54, 1.807) is 38.2 Å². The van der Waals surface area contributed by atoms with E-state index in [0.717, 1.165) is 12.8 Å². The van der Waals surface area contributed by atoms with Crippen molar-refractivity contribution in [2.45, 2.75) is 32.0 Å². The van der Waals surface area contributed by atoms with Gasteiger partial charge in [0.15, 0.2) is 6.10 Å². The normalized spacial score (nSPS) is 17.4. The predicted molar refractivity (Wildman–Crippen MR) is 77.9 cm³/mol. The summed E-state index contributed by atoms with van der Waals surface area (Å²) < 4.78 is 5.58. The molecule has 2 rings (SSSR count). The largest absolute Gasteiger partial charge is 0.481 e. The van der Waals surface area contributed by atoms with Crippen LogP contribution >= 0.6 is 11.6 Å². The number of hydrogen-bond acceptors (Lipinski definition) is 3. The quantitative estimate of drug-likeness (QED) is 0.877. The van der Waals surface area contributed by atoms with Crippen molar-refractivity contribution >= 4 is 17.5 Å². The number of aliphatic hydroxyl groups excluding tert-OH is 1. The number of hydrogen-bond donors (Lipinski definition) is 1. The van der Waals surface area contributed by atoms with Gasteiger partial charge in [-0.1, -0.05) is 11.6 Å². The summed E-state index contributed by atoms with van der Waals surface area (Å²) in [6.07, 6.45) is 1.10. The Balaban J connectivity index is 1.85. The fourth-order valence-electron chi connectivity index (χ4n) is 2.08.